The van der Waals surface area contributed by atoms with Gasteiger partial charge in [0.15, 0.2) is 0 Å². The number of aliphatic carboxylic acids is 1. The van der Waals surface area contributed by atoms with Crippen LogP contribution in [0.25, 0.3) is 0 Å². The number of hydrogen-bond donors (Lipinski definition) is 2. The number of nitrogens with zero attached hydrogens (tertiary/aromatic N) is 1. The van der Waals surface area contributed by atoms with Crippen molar-refractivity contribution in [2.24, 2.45) is 5.41 Å². The largest absolute Gasteiger partial charge is 0.481 e. The quantitative estimate of drug-likeness (QED) is 0.714. The van der Waals surface area contributed by atoms with Gasteiger partial charge in [0.25, 0.3) is 0 Å². The average molecular weight is 411 g/mol. The summed E-state index contributed by atoms with van der Waals surface area (Å²) < 4.78 is 4.92. The molecule has 0 spiro atoms. The fourth-order valence-electron chi connectivity index (χ4n) is 3.85. The summed E-state index contributed by atoms with van der Waals surface area (Å²) in [5.74, 6) is -2.72. The third-order valence-corrected chi connectivity index (χ3v) is 5.99. The fraction of sp³-hybridized carbons (Fsp3) is 0.421. The van der Waals surface area contributed by atoms with E-state index in [4.69, 9.17) is 33.2 Å². The second-order valence-electron chi connectivity index (χ2n) is 6.48. The van der Waals surface area contributed by atoms with Gasteiger partial charge in [-0.2, -0.15) is 5.26 Å². The molecular formula is C19H20Cl2N2O4. The van der Waals surface area contributed by atoms with E-state index in [1.165, 1.54) is 7.11 Å². The van der Waals surface area contributed by atoms with Gasteiger partial charge in [-0.1, -0.05) is 35.3 Å². The number of carbonyl (C=O) groups excluding carboxylic acids is 1. The van der Waals surface area contributed by atoms with E-state index in [2.05, 4.69) is 5.32 Å². The first kappa shape index (κ1) is 21.1. The summed E-state index contributed by atoms with van der Waals surface area (Å²) in [5, 5.41) is 22.8. The molecule has 8 heteroatoms. The Labute approximate surface area is 167 Å². The van der Waals surface area contributed by atoms with Crippen LogP contribution in [0.1, 0.15) is 38.2 Å². The van der Waals surface area contributed by atoms with E-state index in [1.54, 1.807) is 32.0 Å². The number of nitriles is 1. The zero-order chi connectivity index (χ0) is 20.4. The minimum absolute atomic E-state index is 0.000501. The highest BCUT2D eigenvalue weighted by Gasteiger charge is 2.56. The molecule has 0 amide bonds. The van der Waals surface area contributed by atoms with Gasteiger partial charge >= 0.3 is 11.9 Å². The number of carboxylic acid groups (broad SMARTS) is 1. The van der Waals surface area contributed by atoms with Crippen LogP contribution in [0.3, 0.4) is 0 Å². The Morgan fingerprint density at radius 2 is 2.07 bits per heavy atom. The van der Waals surface area contributed by atoms with Crippen molar-refractivity contribution in [1.82, 2.24) is 5.32 Å². The molecule has 1 aliphatic rings. The SMILES string of the molecule is COC(=O)C1=C(C)NC(C)C(CCC#N)(C(=O)O)C1c1cccc(Cl)c1Cl. The van der Waals surface area contributed by atoms with E-state index < -0.39 is 29.3 Å². The third-order valence-electron chi connectivity index (χ3n) is 5.16. The summed E-state index contributed by atoms with van der Waals surface area (Å²) >= 11 is 12.6. The second-order valence-corrected chi connectivity index (χ2v) is 7.26. The first-order chi connectivity index (χ1) is 12.7. The molecule has 1 aliphatic heterocycles. The molecule has 144 valence electrons. The molecule has 1 aromatic rings. The Morgan fingerprint density at radius 3 is 2.63 bits per heavy atom. The molecule has 0 fully saturated rings. The van der Waals surface area contributed by atoms with Crippen molar-refractivity contribution in [3.05, 3.63) is 45.1 Å². The lowest BCUT2D eigenvalue weighted by atomic mass is 9.60. The Hall–Kier alpha value is -2.23. The number of methoxy groups -OCH3 is 1. The Morgan fingerprint density at radius 1 is 1.41 bits per heavy atom. The molecule has 0 saturated carbocycles. The minimum Gasteiger partial charge on any atom is -0.481 e. The van der Waals surface area contributed by atoms with Crippen LogP contribution in [0.4, 0.5) is 0 Å². The fourth-order valence-corrected chi connectivity index (χ4v) is 4.27. The van der Waals surface area contributed by atoms with Crippen molar-refractivity contribution in [2.75, 3.05) is 7.11 Å². The van der Waals surface area contributed by atoms with E-state index in [-0.39, 0.29) is 28.5 Å². The number of carbonyl (C=O) groups is 2. The number of ether oxygens (including phenoxy) is 1. The number of nitrogens with one attached hydrogen (secondary N) is 1. The van der Waals surface area contributed by atoms with Crippen LogP contribution in [-0.2, 0) is 14.3 Å². The van der Waals surface area contributed by atoms with E-state index >= 15 is 0 Å². The van der Waals surface area contributed by atoms with Crippen LogP contribution in [0.5, 0.6) is 0 Å². The average Bonchev–Trinajstić information content (AvgIpc) is 2.62. The molecular weight excluding hydrogens is 391 g/mol. The molecule has 27 heavy (non-hydrogen) atoms. The molecule has 0 aromatic heterocycles. The highest BCUT2D eigenvalue weighted by Crippen LogP contribution is 2.53. The van der Waals surface area contributed by atoms with Gasteiger partial charge in [0.2, 0.25) is 0 Å². The molecule has 2 rings (SSSR count). The smallest absolute Gasteiger partial charge is 0.336 e. The molecule has 1 heterocycles. The third kappa shape index (κ3) is 3.50. The molecule has 2 N–H and O–H groups in total. The molecule has 3 unspecified atom stereocenters. The van der Waals surface area contributed by atoms with Crippen molar-refractivity contribution >= 4 is 35.1 Å². The Bertz CT molecular complexity index is 847. The first-order valence-corrected chi connectivity index (χ1v) is 9.07. The molecule has 6 nitrogen and oxygen atoms in total. The van der Waals surface area contributed by atoms with Crippen LogP contribution in [0.15, 0.2) is 29.5 Å². The van der Waals surface area contributed by atoms with Crippen molar-refractivity contribution < 1.29 is 19.4 Å². The molecule has 0 aliphatic carbocycles. The maximum absolute atomic E-state index is 12.6. The molecule has 3 atom stereocenters. The minimum atomic E-state index is -1.49. The van der Waals surface area contributed by atoms with Gasteiger partial charge in [0.1, 0.15) is 0 Å². The summed E-state index contributed by atoms with van der Waals surface area (Å²) in [6, 6.07) is 6.32. The van der Waals surface area contributed by atoms with Gasteiger partial charge in [0, 0.05) is 24.1 Å². The van der Waals surface area contributed by atoms with Gasteiger partial charge in [-0.05, 0) is 31.9 Å². The maximum Gasteiger partial charge on any atom is 0.336 e. The monoisotopic (exact) mass is 410 g/mol. The van der Waals surface area contributed by atoms with Crippen LogP contribution in [-0.4, -0.2) is 30.2 Å². The second kappa shape index (κ2) is 8.20. The van der Waals surface area contributed by atoms with Gasteiger partial charge in [-0.25, -0.2) is 4.79 Å². The molecule has 0 bridgehead atoms. The maximum atomic E-state index is 12.6. The topological polar surface area (TPSA) is 99.4 Å². The molecule has 1 aromatic carbocycles. The van der Waals surface area contributed by atoms with E-state index in [0.717, 1.165) is 0 Å². The number of halogens is 2. The molecule has 0 saturated heterocycles. The highest BCUT2D eigenvalue weighted by atomic mass is 35.5. The lowest BCUT2D eigenvalue weighted by Gasteiger charge is -2.47. The lowest BCUT2D eigenvalue weighted by molar-refractivity contribution is -0.153. The zero-order valence-corrected chi connectivity index (χ0v) is 16.7. The van der Waals surface area contributed by atoms with Crippen LogP contribution >= 0.6 is 23.2 Å². The van der Waals surface area contributed by atoms with Gasteiger partial charge < -0.3 is 15.2 Å². The Kier molecular flexibility index (Phi) is 6.40. The normalized spacial score (nSPS) is 24.7. The van der Waals surface area contributed by atoms with Crippen LogP contribution in [0, 0.1) is 16.7 Å². The number of rotatable bonds is 5. The van der Waals surface area contributed by atoms with E-state index in [1.807, 2.05) is 6.07 Å². The van der Waals surface area contributed by atoms with Crippen molar-refractivity contribution in [3.63, 3.8) is 0 Å². The zero-order valence-electron chi connectivity index (χ0n) is 15.2. The summed E-state index contributed by atoms with van der Waals surface area (Å²) in [7, 11) is 1.23. The predicted octanol–water partition coefficient (Wildman–Crippen LogP) is 3.89. The number of allylic oxidation sites excluding steroid dienone is 1. The van der Waals surface area contributed by atoms with Gasteiger partial charge in [0.05, 0.1) is 34.2 Å². The summed E-state index contributed by atoms with van der Waals surface area (Å²) in [4.78, 5) is 25.1. The van der Waals surface area contributed by atoms with Crippen molar-refractivity contribution in [2.45, 2.75) is 38.6 Å². The van der Waals surface area contributed by atoms with Gasteiger partial charge in [-0.3, -0.25) is 4.79 Å². The number of hydrogen-bond acceptors (Lipinski definition) is 5. The predicted molar refractivity (Wildman–Crippen MR) is 101 cm³/mol. The number of carboxylic acids is 1. The van der Waals surface area contributed by atoms with Gasteiger partial charge in [-0.15, -0.1) is 0 Å². The summed E-state index contributed by atoms with van der Waals surface area (Å²) in [6.07, 6.45) is 0.0226. The lowest BCUT2D eigenvalue weighted by Crippen LogP contribution is -2.56. The highest BCUT2D eigenvalue weighted by molar-refractivity contribution is 6.42. The number of esters is 1. The Balaban J connectivity index is 2.88. The van der Waals surface area contributed by atoms with E-state index in [9.17, 15) is 14.7 Å². The van der Waals surface area contributed by atoms with Crippen LogP contribution < -0.4 is 5.32 Å². The van der Waals surface area contributed by atoms with E-state index in [0.29, 0.717) is 11.3 Å². The first-order valence-electron chi connectivity index (χ1n) is 8.32. The summed E-state index contributed by atoms with van der Waals surface area (Å²) in [5.41, 5.74) is -0.408. The standard InChI is InChI=1S/C19H20Cl2N2O4/c1-10-14(17(24)27-3)15(12-6-4-7-13(20)16(12)21)19(18(25)26,8-5-9-22)11(2)23-10/h4,6-7,11,15,23H,5,8H2,1-3H3,(H,25,26). The van der Waals surface area contributed by atoms with Crippen molar-refractivity contribution in [1.29, 1.82) is 5.26 Å². The summed E-state index contributed by atoms with van der Waals surface area (Å²) in [6.45, 7) is 3.40. The van der Waals surface area contributed by atoms with Crippen molar-refractivity contribution in [3.8, 4) is 6.07 Å². The van der Waals surface area contributed by atoms with Crippen LogP contribution in [0.2, 0.25) is 10.0 Å². The number of benzene rings is 1. The molecule has 0 radical (unpaired) electrons.